The van der Waals surface area contributed by atoms with Crippen molar-refractivity contribution in [3.63, 3.8) is 0 Å². The topological polar surface area (TPSA) is 105 Å². The summed E-state index contributed by atoms with van der Waals surface area (Å²) in [5, 5.41) is 5.84. The lowest BCUT2D eigenvalue weighted by atomic mass is 9.85. The van der Waals surface area contributed by atoms with E-state index in [1.165, 1.54) is 22.9 Å². The summed E-state index contributed by atoms with van der Waals surface area (Å²) in [7, 11) is -3.70. The molecule has 0 aromatic heterocycles. The van der Waals surface area contributed by atoms with E-state index in [4.69, 9.17) is 4.74 Å². The van der Waals surface area contributed by atoms with Crippen LogP contribution in [-0.4, -0.2) is 50.3 Å². The molecule has 2 heterocycles. The Balaban J connectivity index is 1.38. The van der Waals surface area contributed by atoms with Crippen LogP contribution in [-0.2, 0) is 19.6 Å². The van der Waals surface area contributed by atoms with E-state index in [0.717, 1.165) is 19.3 Å². The van der Waals surface area contributed by atoms with E-state index in [-0.39, 0.29) is 35.3 Å². The Kier molecular flexibility index (Phi) is 6.02. The lowest BCUT2D eigenvalue weighted by Crippen LogP contribution is -2.47. The number of hydrogen-bond donors (Lipinski definition) is 2. The van der Waals surface area contributed by atoms with Crippen molar-refractivity contribution in [2.24, 2.45) is 11.8 Å². The summed E-state index contributed by atoms with van der Waals surface area (Å²) in [5.41, 5.74) is 0.364. The van der Waals surface area contributed by atoms with E-state index in [9.17, 15) is 18.0 Å². The number of sulfonamides is 1. The van der Waals surface area contributed by atoms with Gasteiger partial charge in [0.05, 0.1) is 10.6 Å². The average molecular weight is 436 g/mol. The highest BCUT2D eigenvalue weighted by Crippen LogP contribution is 2.32. The SMILES string of the molecule is CC1CCCCC1NC(=O)C1CCN(S(=O)(=O)c2ccc3c(c2)NC(=O)CO3)CC1. The zero-order chi connectivity index (χ0) is 21.3. The Morgan fingerprint density at radius 3 is 2.63 bits per heavy atom. The second kappa shape index (κ2) is 8.55. The maximum absolute atomic E-state index is 13.1. The zero-order valence-electron chi connectivity index (χ0n) is 17.2. The number of carbonyl (C=O) groups excluding carboxylic acids is 2. The predicted octanol–water partition coefficient (Wildman–Crippen LogP) is 2.11. The van der Waals surface area contributed by atoms with Crippen LogP contribution in [0, 0.1) is 11.8 Å². The number of fused-ring (bicyclic) bond motifs is 1. The van der Waals surface area contributed by atoms with Gasteiger partial charge in [-0.1, -0.05) is 19.8 Å². The minimum absolute atomic E-state index is 0.0550. The van der Waals surface area contributed by atoms with E-state index >= 15 is 0 Å². The first-order valence-electron chi connectivity index (χ1n) is 10.7. The standard InChI is InChI=1S/C21H29N3O5S/c1-14-4-2-3-5-17(14)23-21(26)15-8-10-24(11-9-15)30(27,28)16-6-7-19-18(12-16)22-20(25)13-29-19/h6-7,12,14-15,17H,2-5,8-11,13H2,1H3,(H,22,25)(H,23,26). The summed E-state index contributed by atoms with van der Waals surface area (Å²) in [5.74, 6) is 0.551. The highest BCUT2D eigenvalue weighted by molar-refractivity contribution is 7.89. The molecule has 1 saturated heterocycles. The average Bonchev–Trinajstić information content (AvgIpc) is 2.75. The van der Waals surface area contributed by atoms with Crippen LogP contribution in [0.1, 0.15) is 45.4 Å². The molecule has 2 N–H and O–H groups in total. The first-order valence-corrected chi connectivity index (χ1v) is 12.2. The van der Waals surface area contributed by atoms with Gasteiger partial charge >= 0.3 is 0 Å². The number of benzene rings is 1. The monoisotopic (exact) mass is 435 g/mol. The molecular formula is C21H29N3O5S. The summed E-state index contributed by atoms with van der Waals surface area (Å²) in [6, 6.07) is 4.73. The van der Waals surface area contributed by atoms with Crippen molar-refractivity contribution in [2.45, 2.75) is 56.4 Å². The molecule has 8 nitrogen and oxygen atoms in total. The fourth-order valence-electron chi connectivity index (χ4n) is 4.56. The third-order valence-electron chi connectivity index (χ3n) is 6.49. The van der Waals surface area contributed by atoms with Gasteiger partial charge in [-0.25, -0.2) is 8.42 Å². The molecule has 0 radical (unpaired) electrons. The van der Waals surface area contributed by atoms with Crippen LogP contribution in [0.5, 0.6) is 5.75 Å². The molecule has 2 fully saturated rings. The smallest absolute Gasteiger partial charge is 0.262 e. The molecular weight excluding hydrogens is 406 g/mol. The van der Waals surface area contributed by atoms with Crippen LogP contribution >= 0.6 is 0 Å². The first-order chi connectivity index (χ1) is 14.3. The highest BCUT2D eigenvalue weighted by Gasteiger charge is 2.34. The highest BCUT2D eigenvalue weighted by atomic mass is 32.2. The van der Waals surface area contributed by atoms with Gasteiger partial charge in [0.1, 0.15) is 5.75 Å². The second-order valence-electron chi connectivity index (χ2n) is 8.55. The van der Waals surface area contributed by atoms with E-state index in [1.807, 2.05) is 0 Å². The van der Waals surface area contributed by atoms with Crippen LogP contribution in [0.2, 0.25) is 0 Å². The van der Waals surface area contributed by atoms with Crippen LogP contribution in [0.3, 0.4) is 0 Å². The third-order valence-corrected chi connectivity index (χ3v) is 8.38. The first kappa shape index (κ1) is 21.1. The molecule has 1 aromatic carbocycles. The van der Waals surface area contributed by atoms with Crippen molar-refractivity contribution in [2.75, 3.05) is 25.0 Å². The van der Waals surface area contributed by atoms with Gasteiger partial charge in [0.2, 0.25) is 15.9 Å². The molecule has 0 spiro atoms. The molecule has 1 aromatic rings. The molecule has 3 aliphatic rings. The number of anilines is 1. The number of rotatable bonds is 4. The summed E-state index contributed by atoms with van der Waals surface area (Å²) in [6.45, 7) is 2.72. The Bertz CT molecular complexity index is 925. The molecule has 4 rings (SSSR count). The molecule has 2 amide bonds. The van der Waals surface area contributed by atoms with Crippen LogP contribution in [0.4, 0.5) is 5.69 Å². The molecule has 1 saturated carbocycles. The van der Waals surface area contributed by atoms with E-state index in [0.29, 0.717) is 43.3 Å². The van der Waals surface area contributed by atoms with Crippen molar-refractivity contribution >= 4 is 27.5 Å². The van der Waals surface area contributed by atoms with E-state index < -0.39 is 10.0 Å². The molecule has 30 heavy (non-hydrogen) atoms. The zero-order valence-corrected chi connectivity index (χ0v) is 18.0. The van der Waals surface area contributed by atoms with Crippen molar-refractivity contribution in [3.8, 4) is 5.75 Å². The predicted molar refractivity (Wildman–Crippen MR) is 112 cm³/mol. The molecule has 2 unspecified atom stereocenters. The maximum Gasteiger partial charge on any atom is 0.262 e. The number of hydrogen-bond acceptors (Lipinski definition) is 5. The molecule has 1 aliphatic carbocycles. The van der Waals surface area contributed by atoms with Gasteiger partial charge in [-0.05, 0) is 49.8 Å². The molecule has 9 heteroatoms. The van der Waals surface area contributed by atoms with Gasteiger partial charge in [0.25, 0.3) is 5.91 Å². The fraction of sp³-hybridized carbons (Fsp3) is 0.619. The molecule has 164 valence electrons. The Hall–Kier alpha value is -2.13. The quantitative estimate of drug-likeness (QED) is 0.754. The summed E-state index contributed by atoms with van der Waals surface area (Å²) >= 11 is 0. The Morgan fingerprint density at radius 1 is 1.17 bits per heavy atom. The minimum atomic E-state index is -3.70. The maximum atomic E-state index is 13.1. The number of carbonyl (C=O) groups is 2. The van der Waals surface area contributed by atoms with Crippen molar-refractivity contribution < 1.29 is 22.7 Å². The number of nitrogens with one attached hydrogen (secondary N) is 2. The fourth-order valence-corrected chi connectivity index (χ4v) is 6.06. The minimum Gasteiger partial charge on any atom is -0.482 e. The van der Waals surface area contributed by atoms with Gasteiger partial charge in [-0.3, -0.25) is 9.59 Å². The Morgan fingerprint density at radius 2 is 1.90 bits per heavy atom. The summed E-state index contributed by atoms with van der Waals surface area (Å²) < 4.78 is 32.8. The van der Waals surface area contributed by atoms with Gasteiger partial charge < -0.3 is 15.4 Å². The number of piperidine rings is 1. The van der Waals surface area contributed by atoms with Crippen LogP contribution in [0.25, 0.3) is 0 Å². The van der Waals surface area contributed by atoms with E-state index in [2.05, 4.69) is 17.6 Å². The molecule has 0 bridgehead atoms. The Labute approximate surface area is 177 Å². The van der Waals surface area contributed by atoms with Crippen molar-refractivity contribution in [1.29, 1.82) is 0 Å². The summed E-state index contributed by atoms with van der Waals surface area (Å²) in [4.78, 5) is 24.3. The van der Waals surface area contributed by atoms with Gasteiger partial charge in [-0.2, -0.15) is 4.31 Å². The van der Waals surface area contributed by atoms with Gasteiger partial charge in [-0.15, -0.1) is 0 Å². The molecule has 2 aliphatic heterocycles. The van der Waals surface area contributed by atoms with Crippen LogP contribution in [0.15, 0.2) is 23.1 Å². The number of amides is 2. The second-order valence-corrected chi connectivity index (χ2v) is 10.5. The van der Waals surface area contributed by atoms with Gasteiger partial charge in [0.15, 0.2) is 6.61 Å². The lowest BCUT2D eigenvalue weighted by Gasteiger charge is -2.34. The lowest BCUT2D eigenvalue weighted by molar-refractivity contribution is -0.127. The largest absolute Gasteiger partial charge is 0.482 e. The third kappa shape index (κ3) is 4.32. The van der Waals surface area contributed by atoms with E-state index in [1.54, 1.807) is 6.07 Å². The van der Waals surface area contributed by atoms with Crippen LogP contribution < -0.4 is 15.4 Å². The van der Waals surface area contributed by atoms with Gasteiger partial charge in [0, 0.05) is 25.0 Å². The van der Waals surface area contributed by atoms with Crippen molar-refractivity contribution in [1.82, 2.24) is 9.62 Å². The number of ether oxygens (including phenoxy) is 1. The molecule has 2 atom stereocenters. The van der Waals surface area contributed by atoms with Crippen molar-refractivity contribution in [3.05, 3.63) is 18.2 Å². The normalized spacial score (nSPS) is 25.7. The summed E-state index contributed by atoms with van der Waals surface area (Å²) in [6.07, 6.45) is 5.57. The number of nitrogens with zero attached hydrogens (tertiary/aromatic N) is 1.